The highest BCUT2D eigenvalue weighted by molar-refractivity contribution is 5.90. The molecule has 0 bridgehead atoms. The first kappa shape index (κ1) is 30.6. The number of carbonyl (C=O) groups excluding carboxylic acids is 2. The number of pyridine rings is 2. The molecule has 1 amide bonds. The van der Waals surface area contributed by atoms with E-state index >= 15 is 0 Å². The van der Waals surface area contributed by atoms with E-state index in [2.05, 4.69) is 11.8 Å². The Morgan fingerprint density at radius 3 is 2.52 bits per heavy atom. The van der Waals surface area contributed by atoms with Gasteiger partial charge >= 0.3 is 12.1 Å². The summed E-state index contributed by atoms with van der Waals surface area (Å²) in [6.07, 6.45) is 6.26. The van der Waals surface area contributed by atoms with Gasteiger partial charge in [-0.1, -0.05) is 20.3 Å². The van der Waals surface area contributed by atoms with Gasteiger partial charge in [-0.15, -0.1) is 0 Å². The monoisotopic (exact) mass is 621 g/mol. The number of carbonyl (C=O) groups is 2. The van der Waals surface area contributed by atoms with Crippen LogP contribution in [0.2, 0.25) is 0 Å². The summed E-state index contributed by atoms with van der Waals surface area (Å²) in [5.74, 6) is -0.266. The quantitative estimate of drug-likeness (QED) is 0.337. The molecule has 1 atom stereocenters. The molecule has 234 valence electrons. The molecule has 1 N–H and O–H groups in total. The first-order valence-electron chi connectivity index (χ1n) is 15.7. The number of rotatable bonds is 4. The van der Waals surface area contributed by atoms with Gasteiger partial charge in [0.1, 0.15) is 12.4 Å². The van der Waals surface area contributed by atoms with Crippen LogP contribution in [-0.2, 0) is 34.7 Å². The second-order valence-corrected chi connectivity index (χ2v) is 12.2. The van der Waals surface area contributed by atoms with Gasteiger partial charge in [0, 0.05) is 35.6 Å². The average molecular weight is 622 g/mol. The lowest BCUT2D eigenvalue weighted by atomic mass is 9.86. The highest BCUT2D eigenvalue weighted by Crippen LogP contribution is 2.40. The number of piperidine rings is 2. The predicted molar refractivity (Wildman–Crippen MR) is 160 cm³/mol. The number of aromatic nitrogens is 2. The Morgan fingerprint density at radius 1 is 1.07 bits per heavy atom. The Morgan fingerprint density at radius 2 is 1.82 bits per heavy atom. The lowest BCUT2D eigenvalue weighted by molar-refractivity contribution is -0.172. The summed E-state index contributed by atoms with van der Waals surface area (Å²) in [5, 5.41) is 12.0. The van der Waals surface area contributed by atoms with Crippen LogP contribution in [0.4, 0.5) is 4.79 Å². The molecule has 1 aromatic carbocycles. The summed E-state index contributed by atoms with van der Waals surface area (Å²) in [6, 6.07) is 7.77. The number of nitrogens with zero attached hydrogens (tertiary/aromatic N) is 4. The van der Waals surface area contributed by atoms with Crippen molar-refractivity contribution in [1.82, 2.24) is 19.4 Å². The number of benzene rings is 1. The average Bonchev–Trinajstić information content (AvgIpc) is 3.41. The lowest BCUT2D eigenvalue weighted by Crippen LogP contribution is -3.00. The van der Waals surface area contributed by atoms with Crippen molar-refractivity contribution in [2.75, 3.05) is 26.2 Å². The minimum absolute atomic E-state index is 0. The molecule has 6 heterocycles. The number of fused-ring (bicyclic) bond motifs is 5. The first-order valence-corrected chi connectivity index (χ1v) is 15.7. The van der Waals surface area contributed by atoms with Crippen LogP contribution in [-0.4, -0.2) is 68.7 Å². The second-order valence-electron chi connectivity index (χ2n) is 12.2. The second kappa shape index (κ2) is 11.8. The Kier molecular flexibility index (Phi) is 8.19. The fourth-order valence-electron chi connectivity index (χ4n) is 7.47. The van der Waals surface area contributed by atoms with Gasteiger partial charge in [-0.25, -0.2) is 14.6 Å². The van der Waals surface area contributed by atoms with E-state index in [0.29, 0.717) is 60.4 Å². The largest absolute Gasteiger partial charge is 1.00 e. The number of hydrogen-bond donors (Lipinski definition) is 1. The maximum atomic E-state index is 13.6. The zero-order valence-corrected chi connectivity index (χ0v) is 26.0. The van der Waals surface area contributed by atoms with Crippen molar-refractivity contribution in [3.05, 3.63) is 56.9 Å². The molecular weight excluding hydrogens is 584 g/mol. The van der Waals surface area contributed by atoms with E-state index in [1.807, 2.05) is 17.0 Å². The minimum atomic E-state index is -1.86. The number of aliphatic hydroxyl groups is 1. The molecule has 2 saturated heterocycles. The maximum absolute atomic E-state index is 13.6. The topological polar surface area (TPSA) is 114 Å². The van der Waals surface area contributed by atoms with E-state index in [4.69, 9.17) is 14.5 Å². The van der Waals surface area contributed by atoms with Crippen LogP contribution >= 0.6 is 0 Å². The number of cyclic esters (lactones) is 1. The van der Waals surface area contributed by atoms with Crippen molar-refractivity contribution in [2.24, 2.45) is 0 Å². The molecule has 3 aromatic rings. The standard InChI is InChI=1S/C33H38N4O6.ClH/c1-3-22-23-16-21(43-32(40)36-14-10-20(11-15-36)35-12-6-5-7-13-35)8-9-27(23)34-29-24(22)18-37-28(29)17-26-25(30(37)38)19-42-31(39)33(26,41)4-2;/h8-9,16-17,20,41H,3-7,10-15,18-19H2,1-2H3;1H/p-1/t33-;/m0./s1. The Labute approximate surface area is 262 Å². The normalized spacial score (nSPS) is 21.7. The van der Waals surface area contributed by atoms with Crippen molar-refractivity contribution < 1.29 is 36.6 Å². The van der Waals surface area contributed by atoms with E-state index < -0.39 is 11.6 Å². The number of esters is 1. The van der Waals surface area contributed by atoms with Gasteiger partial charge < -0.3 is 41.4 Å². The molecule has 0 aliphatic carbocycles. The molecule has 7 rings (SSSR count). The van der Waals surface area contributed by atoms with Crippen LogP contribution in [0.15, 0.2) is 29.1 Å². The highest BCUT2D eigenvalue weighted by atomic mass is 35.5. The smallest absolute Gasteiger partial charge is 0.415 e. The number of ether oxygens (including phenoxy) is 2. The molecule has 0 radical (unpaired) electrons. The molecule has 0 unspecified atom stereocenters. The summed E-state index contributed by atoms with van der Waals surface area (Å²) in [7, 11) is 0. The zero-order valence-electron chi connectivity index (χ0n) is 25.2. The molecule has 4 aliphatic heterocycles. The molecule has 0 spiro atoms. The summed E-state index contributed by atoms with van der Waals surface area (Å²) in [4.78, 5) is 48.5. The van der Waals surface area contributed by atoms with Crippen LogP contribution in [0.1, 0.15) is 74.6 Å². The molecule has 2 fully saturated rings. The third-order valence-electron chi connectivity index (χ3n) is 9.97. The molecule has 0 saturated carbocycles. The molecule has 10 nitrogen and oxygen atoms in total. The van der Waals surface area contributed by atoms with Crippen LogP contribution in [0.3, 0.4) is 0 Å². The van der Waals surface area contributed by atoms with Crippen molar-refractivity contribution >= 4 is 23.0 Å². The number of hydrogen-bond acceptors (Lipinski definition) is 8. The van der Waals surface area contributed by atoms with Crippen LogP contribution in [0, 0.1) is 0 Å². The minimum Gasteiger partial charge on any atom is -1.00 e. The van der Waals surface area contributed by atoms with Crippen molar-refractivity contribution in [1.29, 1.82) is 0 Å². The molecule has 11 heteroatoms. The number of amides is 1. The van der Waals surface area contributed by atoms with Crippen molar-refractivity contribution in [3.8, 4) is 17.1 Å². The molecular formula is C33H38ClN4O6-. The van der Waals surface area contributed by atoms with Gasteiger partial charge in [0.05, 0.1) is 29.0 Å². The Bertz CT molecular complexity index is 1690. The Hall–Kier alpha value is -3.47. The van der Waals surface area contributed by atoms with E-state index in [9.17, 15) is 19.5 Å². The third kappa shape index (κ3) is 4.87. The van der Waals surface area contributed by atoms with Gasteiger partial charge in [-0.05, 0) is 81.4 Å². The van der Waals surface area contributed by atoms with E-state index in [-0.39, 0.29) is 37.1 Å². The fraction of sp³-hybridized carbons (Fsp3) is 0.515. The number of aryl methyl sites for hydroxylation is 1. The van der Waals surface area contributed by atoms with Gasteiger partial charge in [0.2, 0.25) is 0 Å². The molecule has 4 aliphatic rings. The van der Waals surface area contributed by atoms with Gasteiger partial charge in [0.25, 0.3) is 5.56 Å². The molecule has 44 heavy (non-hydrogen) atoms. The first-order chi connectivity index (χ1) is 20.8. The summed E-state index contributed by atoms with van der Waals surface area (Å²) >= 11 is 0. The maximum Gasteiger partial charge on any atom is 0.415 e. The summed E-state index contributed by atoms with van der Waals surface area (Å²) in [5.41, 5.74) is 2.38. The molecule has 2 aromatic heterocycles. The number of halogens is 1. The van der Waals surface area contributed by atoms with E-state index in [1.54, 1.807) is 23.6 Å². The van der Waals surface area contributed by atoms with E-state index in [1.165, 1.54) is 32.4 Å². The number of likely N-dealkylation sites (tertiary alicyclic amines) is 2. The zero-order chi connectivity index (χ0) is 29.9. The lowest BCUT2D eigenvalue weighted by Gasteiger charge is -2.39. The van der Waals surface area contributed by atoms with Crippen LogP contribution in [0.5, 0.6) is 5.75 Å². The third-order valence-corrected chi connectivity index (χ3v) is 9.97. The van der Waals surface area contributed by atoms with Gasteiger partial charge in [0.15, 0.2) is 5.60 Å². The van der Waals surface area contributed by atoms with Crippen molar-refractivity contribution in [2.45, 2.75) is 83.6 Å². The Balaban J connectivity index is 0.00000343. The summed E-state index contributed by atoms with van der Waals surface area (Å²) in [6.45, 7) is 7.65. The van der Waals surface area contributed by atoms with Gasteiger partial charge in [-0.3, -0.25) is 4.79 Å². The summed E-state index contributed by atoms with van der Waals surface area (Å²) < 4.78 is 12.7. The predicted octanol–water partition coefficient (Wildman–Crippen LogP) is 1.10. The van der Waals surface area contributed by atoms with E-state index in [0.717, 1.165) is 34.9 Å². The van der Waals surface area contributed by atoms with Crippen LogP contribution < -0.4 is 22.7 Å². The fourth-order valence-corrected chi connectivity index (χ4v) is 7.47. The van der Waals surface area contributed by atoms with Gasteiger partial charge in [-0.2, -0.15) is 0 Å². The SMILES string of the molecule is CCc1c2c(nc3ccc(OC(=O)N4CCC(N5CCCCC5)CC4)cc13)-c1cc3c(c(=O)n1C2)COC(=O)[C@]3(O)CC.[Cl-]. The highest BCUT2D eigenvalue weighted by Gasteiger charge is 2.45. The van der Waals surface area contributed by atoms with Crippen molar-refractivity contribution in [3.63, 3.8) is 0 Å². The van der Waals surface area contributed by atoms with Crippen LogP contribution in [0.25, 0.3) is 22.3 Å².